The Morgan fingerprint density at radius 3 is 2.78 bits per heavy atom. The van der Waals surface area contributed by atoms with E-state index in [9.17, 15) is 4.39 Å². The molecule has 0 aliphatic heterocycles. The quantitative estimate of drug-likeness (QED) is 0.922. The Kier molecular flexibility index (Phi) is 5.16. The van der Waals surface area contributed by atoms with Crippen LogP contribution < -0.4 is 5.32 Å². The molecule has 0 atom stereocenters. The van der Waals surface area contributed by atoms with Gasteiger partial charge in [-0.1, -0.05) is 12.1 Å². The zero-order chi connectivity index (χ0) is 12.3. The Morgan fingerprint density at radius 2 is 2.17 bits per heavy atom. The summed E-state index contributed by atoms with van der Waals surface area (Å²) in [4.78, 5) is 0. The monoisotopic (exact) mass is 269 g/mol. The molecule has 18 heavy (non-hydrogen) atoms. The summed E-state index contributed by atoms with van der Waals surface area (Å²) < 4.78 is 14.9. The molecule has 1 N–H and O–H groups in total. The first kappa shape index (κ1) is 14.5. The lowest BCUT2D eigenvalue weighted by Crippen LogP contribution is -2.02. The van der Waals surface area contributed by atoms with Crippen LogP contribution in [-0.4, -0.2) is 9.78 Å². The molecule has 1 aromatic heterocycles. The van der Waals surface area contributed by atoms with Crippen LogP contribution in [0.1, 0.15) is 18.2 Å². The van der Waals surface area contributed by atoms with Gasteiger partial charge >= 0.3 is 0 Å². The van der Waals surface area contributed by atoms with Gasteiger partial charge in [-0.3, -0.25) is 4.68 Å². The summed E-state index contributed by atoms with van der Waals surface area (Å²) >= 11 is 0. The average molecular weight is 270 g/mol. The van der Waals surface area contributed by atoms with E-state index in [0.29, 0.717) is 6.54 Å². The van der Waals surface area contributed by atoms with Crippen LogP contribution in [0.4, 0.5) is 10.1 Å². The van der Waals surface area contributed by atoms with Crippen LogP contribution in [0.3, 0.4) is 0 Å². The van der Waals surface area contributed by atoms with Crippen LogP contribution in [0.2, 0.25) is 0 Å². The van der Waals surface area contributed by atoms with E-state index >= 15 is 0 Å². The molecule has 1 heterocycles. The molecule has 2 rings (SSSR count). The lowest BCUT2D eigenvalue weighted by atomic mass is 10.2. The van der Waals surface area contributed by atoms with E-state index in [1.165, 1.54) is 12.1 Å². The number of anilines is 1. The van der Waals surface area contributed by atoms with Crippen molar-refractivity contribution in [2.45, 2.75) is 26.9 Å². The SMILES string of the molecule is CCn1ncc(NCc2cccc(F)c2)c1C.Cl. The maximum atomic E-state index is 13.0. The van der Waals surface area contributed by atoms with Crippen molar-refractivity contribution in [1.82, 2.24) is 9.78 Å². The van der Waals surface area contributed by atoms with Crippen LogP contribution >= 0.6 is 12.4 Å². The van der Waals surface area contributed by atoms with Gasteiger partial charge in [0.1, 0.15) is 5.82 Å². The van der Waals surface area contributed by atoms with Gasteiger partial charge in [-0.25, -0.2) is 4.39 Å². The molecule has 0 saturated heterocycles. The van der Waals surface area contributed by atoms with E-state index in [4.69, 9.17) is 0 Å². The zero-order valence-corrected chi connectivity index (χ0v) is 11.3. The molecule has 0 aliphatic carbocycles. The summed E-state index contributed by atoms with van der Waals surface area (Å²) in [6, 6.07) is 6.60. The first-order valence-electron chi connectivity index (χ1n) is 5.71. The van der Waals surface area contributed by atoms with Crippen molar-refractivity contribution >= 4 is 18.1 Å². The zero-order valence-electron chi connectivity index (χ0n) is 10.5. The molecule has 0 unspecified atom stereocenters. The lowest BCUT2D eigenvalue weighted by Gasteiger charge is -2.06. The van der Waals surface area contributed by atoms with Crippen molar-refractivity contribution in [2.24, 2.45) is 0 Å². The minimum Gasteiger partial charge on any atom is -0.378 e. The Hall–Kier alpha value is -1.55. The normalized spacial score (nSPS) is 9.94. The highest BCUT2D eigenvalue weighted by atomic mass is 35.5. The molecule has 0 aliphatic rings. The van der Waals surface area contributed by atoms with E-state index in [1.807, 2.05) is 17.7 Å². The van der Waals surface area contributed by atoms with E-state index in [2.05, 4.69) is 17.3 Å². The number of aryl methyl sites for hydroxylation is 1. The third-order valence-corrected chi connectivity index (χ3v) is 2.77. The number of nitrogens with zero attached hydrogens (tertiary/aromatic N) is 2. The number of nitrogens with one attached hydrogen (secondary N) is 1. The Bertz CT molecular complexity index is 511. The van der Waals surface area contributed by atoms with Crippen molar-refractivity contribution in [3.8, 4) is 0 Å². The number of rotatable bonds is 4. The van der Waals surface area contributed by atoms with Crippen LogP contribution in [0, 0.1) is 12.7 Å². The second-order valence-electron chi connectivity index (χ2n) is 3.94. The largest absolute Gasteiger partial charge is 0.378 e. The Morgan fingerprint density at radius 1 is 1.39 bits per heavy atom. The minimum atomic E-state index is -0.203. The molecule has 3 nitrogen and oxygen atoms in total. The first-order valence-corrected chi connectivity index (χ1v) is 5.71. The lowest BCUT2D eigenvalue weighted by molar-refractivity contribution is 0.626. The molecule has 0 spiro atoms. The highest BCUT2D eigenvalue weighted by Gasteiger charge is 2.04. The molecule has 2 aromatic rings. The fourth-order valence-electron chi connectivity index (χ4n) is 1.78. The van der Waals surface area contributed by atoms with Gasteiger partial charge in [0, 0.05) is 13.1 Å². The maximum absolute atomic E-state index is 13.0. The van der Waals surface area contributed by atoms with Gasteiger partial charge in [0.2, 0.25) is 0 Å². The number of hydrogen-bond donors (Lipinski definition) is 1. The number of benzene rings is 1. The summed E-state index contributed by atoms with van der Waals surface area (Å²) in [6.45, 7) is 5.53. The van der Waals surface area contributed by atoms with Crippen LogP contribution in [0.15, 0.2) is 30.5 Å². The van der Waals surface area contributed by atoms with Gasteiger partial charge in [-0.2, -0.15) is 5.10 Å². The van der Waals surface area contributed by atoms with E-state index in [0.717, 1.165) is 23.5 Å². The molecule has 0 saturated carbocycles. The Balaban J connectivity index is 0.00000162. The third-order valence-electron chi connectivity index (χ3n) is 2.77. The van der Waals surface area contributed by atoms with Gasteiger partial charge in [0.05, 0.1) is 17.6 Å². The molecular formula is C13H17ClFN3. The van der Waals surface area contributed by atoms with Gasteiger partial charge in [0.15, 0.2) is 0 Å². The number of hydrogen-bond acceptors (Lipinski definition) is 2. The summed E-state index contributed by atoms with van der Waals surface area (Å²) in [6.07, 6.45) is 1.80. The second kappa shape index (κ2) is 6.40. The topological polar surface area (TPSA) is 29.9 Å². The molecule has 0 radical (unpaired) electrons. The predicted molar refractivity (Wildman–Crippen MR) is 73.6 cm³/mol. The van der Waals surface area contributed by atoms with Crippen molar-refractivity contribution < 1.29 is 4.39 Å². The van der Waals surface area contributed by atoms with Crippen molar-refractivity contribution in [2.75, 3.05) is 5.32 Å². The Labute approximate surface area is 112 Å². The number of halogens is 2. The van der Waals surface area contributed by atoms with E-state index in [-0.39, 0.29) is 18.2 Å². The first-order chi connectivity index (χ1) is 8.20. The average Bonchev–Trinajstić information content (AvgIpc) is 2.67. The fourth-order valence-corrected chi connectivity index (χ4v) is 1.78. The van der Waals surface area contributed by atoms with Gasteiger partial charge < -0.3 is 5.32 Å². The second-order valence-corrected chi connectivity index (χ2v) is 3.94. The summed E-state index contributed by atoms with van der Waals surface area (Å²) in [5.41, 5.74) is 3.02. The molecule has 0 fully saturated rings. The summed E-state index contributed by atoms with van der Waals surface area (Å²) in [7, 11) is 0. The smallest absolute Gasteiger partial charge is 0.123 e. The predicted octanol–water partition coefficient (Wildman–Crippen LogP) is 3.38. The number of aromatic nitrogens is 2. The van der Waals surface area contributed by atoms with Crippen molar-refractivity contribution in [3.63, 3.8) is 0 Å². The minimum absolute atomic E-state index is 0. The maximum Gasteiger partial charge on any atom is 0.123 e. The van der Waals surface area contributed by atoms with Crippen molar-refractivity contribution in [1.29, 1.82) is 0 Å². The molecule has 98 valence electrons. The summed E-state index contributed by atoms with van der Waals surface area (Å²) in [5, 5.41) is 7.51. The molecule has 5 heteroatoms. The van der Waals surface area contributed by atoms with Crippen LogP contribution in [-0.2, 0) is 13.1 Å². The van der Waals surface area contributed by atoms with Gasteiger partial charge in [0.25, 0.3) is 0 Å². The third kappa shape index (κ3) is 3.23. The standard InChI is InChI=1S/C13H16FN3.ClH/c1-3-17-10(2)13(9-16-17)15-8-11-5-4-6-12(14)7-11;/h4-7,9,15H,3,8H2,1-2H3;1H. The molecule has 1 aromatic carbocycles. The molecule has 0 amide bonds. The van der Waals surface area contributed by atoms with Crippen LogP contribution in [0.5, 0.6) is 0 Å². The highest BCUT2D eigenvalue weighted by molar-refractivity contribution is 5.85. The van der Waals surface area contributed by atoms with E-state index in [1.54, 1.807) is 12.3 Å². The molecule has 0 bridgehead atoms. The highest BCUT2D eigenvalue weighted by Crippen LogP contribution is 2.15. The van der Waals surface area contributed by atoms with E-state index < -0.39 is 0 Å². The summed E-state index contributed by atoms with van der Waals surface area (Å²) in [5.74, 6) is -0.203. The van der Waals surface area contributed by atoms with Crippen LogP contribution in [0.25, 0.3) is 0 Å². The molecular weight excluding hydrogens is 253 g/mol. The van der Waals surface area contributed by atoms with Gasteiger partial charge in [-0.15, -0.1) is 12.4 Å². The van der Waals surface area contributed by atoms with Crippen molar-refractivity contribution in [3.05, 3.63) is 47.5 Å². The van der Waals surface area contributed by atoms with Gasteiger partial charge in [-0.05, 0) is 31.5 Å². The fraction of sp³-hybridized carbons (Fsp3) is 0.308.